The molecule has 0 atom stereocenters. The molecule has 0 saturated heterocycles. The average Bonchev–Trinajstić information content (AvgIpc) is 2.65. The van der Waals surface area contributed by atoms with Crippen LogP contribution in [0, 0.1) is 0 Å². The smallest absolute Gasteiger partial charge is 0.161 e. The number of phenols is 1. The summed E-state index contributed by atoms with van der Waals surface area (Å²) in [4.78, 5) is 0. The number of ether oxygens (including phenoxy) is 3. The lowest BCUT2D eigenvalue weighted by Gasteiger charge is -2.24. The molecule has 2 N–H and O–H groups in total. The first-order chi connectivity index (χ1) is 13.2. The topological polar surface area (TPSA) is 60.0 Å². The monoisotopic (exact) mass is 369 g/mol. The van der Waals surface area contributed by atoms with Gasteiger partial charge in [0.05, 0.1) is 19.8 Å². The Morgan fingerprint density at radius 1 is 0.926 bits per heavy atom. The van der Waals surface area contributed by atoms with Gasteiger partial charge < -0.3 is 24.6 Å². The number of phenolic OH excluding ortho intramolecular Hbond substituents is 1. The fourth-order valence-corrected chi connectivity index (χ4v) is 3.22. The number of hydrogen-bond donors (Lipinski definition) is 2. The van der Waals surface area contributed by atoms with Crippen LogP contribution in [-0.4, -0.2) is 31.5 Å². The molecule has 1 aliphatic heterocycles. The van der Waals surface area contributed by atoms with Crippen LogP contribution in [0.15, 0.2) is 30.3 Å². The number of benzene rings is 2. The van der Waals surface area contributed by atoms with E-state index in [4.69, 9.17) is 14.2 Å². The van der Waals surface area contributed by atoms with Crippen molar-refractivity contribution in [1.82, 2.24) is 5.32 Å². The molecule has 3 rings (SSSR count). The second-order valence-electron chi connectivity index (χ2n) is 6.22. The molecule has 2 aromatic carbocycles. The summed E-state index contributed by atoms with van der Waals surface area (Å²) in [5.41, 5.74) is 4.23. The molecule has 0 fully saturated rings. The number of nitrogens with one attached hydrogen (secondary N) is 1. The van der Waals surface area contributed by atoms with Crippen LogP contribution in [0.5, 0.6) is 23.0 Å². The van der Waals surface area contributed by atoms with Crippen LogP contribution in [0.2, 0.25) is 0 Å². The minimum Gasteiger partial charge on any atom is -0.504 e. The van der Waals surface area contributed by atoms with Gasteiger partial charge in [-0.1, -0.05) is 6.07 Å². The van der Waals surface area contributed by atoms with Crippen molar-refractivity contribution >= 4 is 11.8 Å². The molecule has 0 radical (unpaired) electrons. The van der Waals surface area contributed by atoms with Gasteiger partial charge in [-0.25, -0.2) is 0 Å². The largest absolute Gasteiger partial charge is 0.504 e. The molecule has 5 nitrogen and oxygen atoms in total. The minimum atomic E-state index is 0.143. The highest BCUT2D eigenvalue weighted by Crippen LogP contribution is 2.36. The Morgan fingerprint density at radius 2 is 1.59 bits per heavy atom. The summed E-state index contributed by atoms with van der Waals surface area (Å²) in [6.07, 6.45) is 2.96. The van der Waals surface area contributed by atoms with Crippen LogP contribution < -0.4 is 19.5 Å². The van der Waals surface area contributed by atoms with Crippen molar-refractivity contribution in [3.8, 4) is 23.0 Å². The minimum absolute atomic E-state index is 0.143. The lowest BCUT2D eigenvalue weighted by molar-refractivity contribution is 0.287. The van der Waals surface area contributed by atoms with Crippen molar-refractivity contribution in [2.24, 2.45) is 0 Å². The van der Waals surface area contributed by atoms with Gasteiger partial charge in [0.2, 0.25) is 0 Å². The van der Waals surface area contributed by atoms with E-state index < -0.39 is 0 Å². The van der Waals surface area contributed by atoms with Crippen LogP contribution in [-0.2, 0) is 6.42 Å². The SMILES string of the molecule is CCOc1ccc(/C=C2\NCCc3cc(OCC)c(OCC)cc32)cc1O. The highest BCUT2D eigenvalue weighted by molar-refractivity contribution is 5.84. The molecule has 0 aromatic heterocycles. The Morgan fingerprint density at radius 3 is 2.26 bits per heavy atom. The molecule has 0 aliphatic carbocycles. The summed E-state index contributed by atoms with van der Waals surface area (Å²) in [6, 6.07) is 9.56. The van der Waals surface area contributed by atoms with Crippen LogP contribution in [0.4, 0.5) is 0 Å². The summed E-state index contributed by atoms with van der Waals surface area (Å²) < 4.78 is 16.9. The van der Waals surface area contributed by atoms with E-state index in [1.165, 1.54) is 5.56 Å². The van der Waals surface area contributed by atoms with Crippen LogP contribution in [0.3, 0.4) is 0 Å². The lowest BCUT2D eigenvalue weighted by Crippen LogP contribution is -2.22. The predicted molar refractivity (Wildman–Crippen MR) is 108 cm³/mol. The van der Waals surface area contributed by atoms with Gasteiger partial charge in [-0.15, -0.1) is 0 Å². The molecule has 1 heterocycles. The lowest BCUT2D eigenvalue weighted by atomic mass is 9.96. The third kappa shape index (κ3) is 4.30. The maximum atomic E-state index is 10.1. The summed E-state index contributed by atoms with van der Waals surface area (Å²) >= 11 is 0. The molecular weight excluding hydrogens is 342 g/mol. The zero-order valence-corrected chi connectivity index (χ0v) is 16.2. The Hall–Kier alpha value is -2.82. The standard InChI is InChI=1S/C22H27NO4/c1-4-25-20-8-7-15(12-19(20)24)11-18-17-14-22(27-6-3)21(26-5-2)13-16(17)9-10-23-18/h7-8,11-14,23-24H,4-6,9-10H2,1-3H3/b18-11-. The molecule has 144 valence electrons. The zero-order chi connectivity index (χ0) is 19.2. The third-order valence-corrected chi connectivity index (χ3v) is 4.36. The van der Waals surface area contributed by atoms with E-state index in [-0.39, 0.29) is 5.75 Å². The van der Waals surface area contributed by atoms with Gasteiger partial charge in [0.1, 0.15) is 0 Å². The molecule has 5 heteroatoms. The third-order valence-electron chi connectivity index (χ3n) is 4.36. The van der Waals surface area contributed by atoms with Crippen molar-refractivity contribution in [1.29, 1.82) is 0 Å². The van der Waals surface area contributed by atoms with Gasteiger partial charge in [-0.05, 0) is 68.7 Å². The van der Waals surface area contributed by atoms with E-state index in [0.29, 0.717) is 25.6 Å². The van der Waals surface area contributed by atoms with Crippen LogP contribution in [0.1, 0.15) is 37.5 Å². The highest BCUT2D eigenvalue weighted by Gasteiger charge is 2.18. The molecule has 0 bridgehead atoms. The highest BCUT2D eigenvalue weighted by atomic mass is 16.5. The van der Waals surface area contributed by atoms with E-state index >= 15 is 0 Å². The Bertz CT molecular complexity index is 829. The summed E-state index contributed by atoms with van der Waals surface area (Å²) in [6.45, 7) is 8.38. The number of fused-ring (bicyclic) bond motifs is 1. The molecular formula is C22H27NO4. The van der Waals surface area contributed by atoms with Gasteiger partial charge in [0.15, 0.2) is 23.0 Å². The fourth-order valence-electron chi connectivity index (χ4n) is 3.22. The first-order valence-electron chi connectivity index (χ1n) is 9.50. The van der Waals surface area contributed by atoms with Crippen LogP contribution in [0.25, 0.3) is 11.8 Å². The van der Waals surface area contributed by atoms with Gasteiger partial charge in [0.25, 0.3) is 0 Å². The van der Waals surface area contributed by atoms with Gasteiger partial charge >= 0.3 is 0 Å². The maximum Gasteiger partial charge on any atom is 0.161 e. The quantitative estimate of drug-likeness (QED) is 0.765. The number of rotatable bonds is 7. The van der Waals surface area contributed by atoms with Crippen molar-refractivity contribution < 1.29 is 19.3 Å². The molecule has 0 spiro atoms. The summed E-state index contributed by atoms with van der Waals surface area (Å²) in [5.74, 6) is 2.18. The molecule has 0 saturated carbocycles. The molecule has 2 aromatic rings. The average molecular weight is 369 g/mol. The van der Waals surface area contributed by atoms with Crippen molar-refractivity contribution in [2.75, 3.05) is 26.4 Å². The maximum absolute atomic E-state index is 10.1. The number of aromatic hydroxyl groups is 1. The zero-order valence-electron chi connectivity index (χ0n) is 16.2. The Balaban J connectivity index is 1.98. The molecule has 1 aliphatic rings. The summed E-state index contributed by atoms with van der Waals surface area (Å²) in [7, 11) is 0. The van der Waals surface area contributed by atoms with Gasteiger partial charge in [-0.3, -0.25) is 0 Å². The van der Waals surface area contributed by atoms with E-state index in [0.717, 1.165) is 41.3 Å². The van der Waals surface area contributed by atoms with E-state index in [2.05, 4.69) is 11.4 Å². The Labute approximate surface area is 160 Å². The molecule has 0 unspecified atom stereocenters. The van der Waals surface area contributed by atoms with Crippen molar-refractivity contribution in [2.45, 2.75) is 27.2 Å². The van der Waals surface area contributed by atoms with Crippen molar-refractivity contribution in [3.63, 3.8) is 0 Å². The first kappa shape index (κ1) is 19.0. The van der Waals surface area contributed by atoms with Crippen molar-refractivity contribution in [3.05, 3.63) is 47.0 Å². The fraction of sp³-hybridized carbons (Fsp3) is 0.364. The van der Waals surface area contributed by atoms with E-state index in [9.17, 15) is 5.11 Å². The second kappa shape index (κ2) is 8.71. The van der Waals surface area contributed by atoms with E-state index in [1.807, 2.05) is 39.0 Å². The Kier molecular flexibility index (Phi) is 6.12. The van der Waals surface area contributed by atoms with Crippen LogP contribution >= 0.6 is 0 Å². The van der Waals surface area contributed by atoms with E-state index in [1.54, 1.807) is 12.1 Å². The summed E-state index contributed by atoms with van der Waals surface area (Å²) in [5, 5.41) is 13.6. The predicted octanol–water partition coefficient (Wildman–Crippen LogP) is 4.23. The number of hydrogen-bond acceptors (Lipinski definition) is 5. The van der Waals surface area contributed by atoms with Gasteiger partial charge in [-0.2, -0.15) is 0 Å². The first-order valence-corrected chi connectivity index (χ1v) is 9.50. The molecule has 0 amide bonds. The van der Waals surface area contributed by atoms with Gasteiger partial charge in [0, 0.05) is 17.8 Å². The normalized spacial score (nSPS) is 14.4. The second-order valence-corrected chi connectivity index (χ2v) is 6.22. The molecule has 27 heavy (non-hydrogen) atoms.